The van der Waals surface area contributed by atoms with Gasteiger partial charge in [-0.3, -0.25) is 9.59 Å². The number of ether oxygens (including phenoxy) is 2. The number of hydrogen-bond acceptors (Lipinski definition) is 5. The number of methoxy groups -OCH3 is 1. The SMILES string of the molecule is CCOc1ccccc1C1C(C(=O)NCc2cc(Cl)cc(Cl)c2)=C(O)C(=O)N1CCOC. The summed E-state index contributed by atoms with van der Waals surface area (Å²) in [6.45, 7) is 2.79. The molecular formula is C23H24Cl2N2O5. The van der Waals surface area contributed by atoms with Crippen LogP contribution >= 0.6 is 23.2 Å². The first-order chi connectivity index (χ1) is 15.4. The zero-order valence-corrected chi connectivity index (χ0v) is 19.2. The van der Waals surface area contributed by atoms with Gasteiger partial charge in [-0.15, -0.1) is 0 Å². The zero-order valence-electron chi connectivity index (χ0n) is 17.7. The molecule has 1 aliphatic heterocycles. The summed E-state index contributed by atoms with van der Waals surface area (Å²) in [7, 11) is 1.51. The number of aliphatic hydroxyl groups excluding tert-OH is 1. The van der Waals surface area contributed by atoms with Gasteiger partial charge in [0.1, 0.15) is 5.75 Å². The predicted octanol–water partition coefficient (Wildman–Crippen LogP) is 4.05. The van der Waals surface area contributed by atoms with E-state index in [0.717, 1.165) is 0 Å². The highest BCUT2D eigenvalue weighted by atomic mass is 35.5. The van der Waals surface area contributed by atoms with Crippen LogP contribution in [0, 0.1) is 0 Å². The fraction of sp³-hybridized carbons (Fsp3) is 0.304. The van der Waals surface area contributed by atoms with Gasteiger partial charge in [0.15, 0.2) is 5.76 Å². The van der Waals surface area contributed by atoms with Crippen molar-refractivity contribution in [1.82, 2.24) is 10.2 Å². The number of aliphatic hydroxyl groups is 1. The minimum absolute atomic E-state index is 0.0496. The molecule has 2 aromatic rings. The van der Waals surface area contributed by atoms with Crippen LogP contribution in [0.25, 0.3) is 0 Å². The molecule has 170 valence electrons. The van der Waals surface area contributed by atoms with Crippen molar-refractivity contribution in [3.63, 3.8) is 0 Å². The molecule has 0 saturated carbocycles. The lowest BCUT2D eigenvalue weighted by Gasteiger charge is -2.28. The Balaban J connectivity index is 1.95. The van der Waals surface area contributed by atoms with Gasteiger partial charge in [0.05, 0.1) is 24.8 Å². The number of benzene rings is 2. The first-order valence-electron chi connectivity index (χ1n) is 10.0. The molecule has 0 bridgehead atoms. The maximum absolute atomic E-state index is 13.2. The Bertz CT molecular complexity index is 1020. The van der Waals surface area contributed by atoms with Gasteiger partial charge in [0.2, 0.25) is 0 Å². The van der Waals surface area contributed by atoms with Crippen molar-refractivity contribution in [3.8, 4) is 5.75 Å². The molecule has 3 rings (SSSR count). The number of hydrogen-bond donors (Lipinski definition) is 2. The molecule has 0 aliphatic carbocycles. The second kappa shape index (κ2) is 10.7. The molecule has 7 nitrogen and oxygen atoms in total. The van der Waals surface area contributed by atoms with Crippen LogP contribution in [0.2, 0.25) is 10.0 Å². The third kappa shape index (κ3) is 5.18. The highest BCUT2D eigenvalue weighted by molar-refractivity contribution is 6.34. The van der Waals surface area contributed by atoms with E-state index in [9.17, 15) is 14.7 Å². The van der Waals surface area contributed by atoms with Crippen LogP contribution in [0.3, 0.4) is 0 Å². The lowest BCUT2D eigenvalue weighted by molar-refractivity contribution is -0.130. The maximum Gasteiger partial charge on any atom is 0.290 e. The molecule has 0 aromatic heterocycles. The highest BCUT2D eigenvalue weighted by Gasteiger charge is 2.44. The van der Waals surface area contributed by atoms with E-state index in [1.165, 1.54) is 12.0 Å². The van der Waals surface area contributed by atoms with E-state index in [1.54, 1.807) is 42.5 Å². The molecule has 9 heteroatoms. The summed E-state index contributed by atoms with van der Waals surface area (Å²) < 4.78 is 10.8. The monoisotopic (exact) mass is 478 g/mol. The van der Waals surface area contributed by atoms with E-state index in [2.05, 4.69) is 5.32 Å². The molecule has 2 N–H and O–H groups in total. The topological polar surface area (TPSA) is 88.1 Å². The molecule has 32 heavy (non-hydrogen) atoms. The van der Waals surface area contributed by atoms with Crippen LogP contribution in [-0.4, -0.2) is 48.7 Å². The Kier molecular flexibility index (Phi) is 8.01. The van der Waals surface area contributed by atoms with E-state index in [4.69, 9.17) is 32.7 Å². The first-order valence-corrected chi connectivity index (χ1v) is 10.8. The van der Waals surface area contributed by atoms with Gasteiger partial charge < -0.3 is 24.8 Å². The van der Waals surface area contributed by atoms with E-state index in [0.29, 0.717) is 33.5 Å². The number of carbonyl (C=O) groups is 2. The Hall–Kier alpha value is -2.74. The van der Waals surface area contributed by atoms with Crippen LogP contribution in [0.4, 0.5) is 0 Å². The lowest BCUT2D eigenvalue weighted by atomic mass is 9.97. The average molecular weight is 479 g/mol. The smallest absolute Gasteiger partial charge is 0.290 e. The summed E-state index contributed by atoms with van der Waals surface area (Å²) in [5, 5.41) is 14.3. The van der Waals surface area contributed by atoms with Crippen molar-refractivity contribution in [1.29, 1.82) is 0 Å². The van der Waals surface area contributed by atoms with Gasteiger partial charge in [-0.1, -0.05) is 41.4 Å². The summed E-state index contributed by atoms with van der Waals surface area (Å²) in [5.41, 5.74) is 1.23. The molecule has 0 saturated heterocycles. The summed E-state index contributed by atoms with van der Waals surface area (Å²) in [5.74, 6) is -1.30. The first kappa shape index (κ1) is 23.9. The Labute approximate surface area is 196 Å². The normalized spacial score (nSPS) is 15.9. The lowest BCUT2D eigenvalue weighted by Crippen LogP contribution is -2.35. The average Bonchev–Trinajstić information content (AvgIpc) is 3.00. The molecule has 1 unspecified atom stereocenters. The van der Waals surface area contributed by atoms with E-state index in [1.807, 2.05) is 6.92 Å². The van der Waals surface area contributed by atoms with Crippen molar-refractivity contribution in [2.75, 3.05) is 26.9 Å². The zero-order chi connectivity index (χ0) is 23.3. The second-order valence-corrected chi connectivity index (χ2v) is 7.96. The molecule has 2 aromatic carbocycles. The van der Waals surface area contributed by atoms with Crippen molar-refractivity contribution >= 4 is 35.0 Å². The minimum atomic E-state index is -0.830. The van der Waals surface area contributed by atoms with E-state index in [-0.39, 0.29) is 25.3 Å². The Morgan fingerprint density at radius 1 is 1.19 bits per heavy atom. The van der Waals surface area contributed by atoms with Crippen molar-refractivity contribution < 1.29 is 24.2 Å². The van der Waals surface area contributed by atoms with Gasteiger partial charge in [-0.05, 0) is 36.8 Å². The standard InChI is InChI=1S/C23H24Cl2N2O5/c1-3-32-18-7-5-4-6-17(18)20-19(21(28)23(30)27(20)8-9-31-2)22(29)26-13-14-10-15(24)12-16(25)11-14/h4-7,10-12,20,28H,3,8-9,13H2,1-2H3,(H,26,29). The van der Waals surface area contributed by atoms with Crippen molar-refractivity contribution in [2.24, 2.45) is 0 Å². The number of nitrogens with zero attached hydrogens (tertiary/aromatic N) is 1. The predicted molar refractivity (Wildman–Crippen MR) is 122 cm³/mol. The van der Waals surface area contributed by atoms with Crippen molar-refractivity contribution in [2.45, 2.75) is 19.5 Å². The summed E-state index contributed by atoms with van der Waals surface area (Å²) >= 11 is 12.1. The number of amides is 2. The van der Waals surface area contributed by atoms with Gasteiger partial charge >= 0.3 is 0 Å². The number of para-hydroxylation sites is 1. The van der Waals surface area contributed by atoms with Crippen molar-refractivity contribution in [3.05, 3.63) is 75.0 Å². The van der Waals surface area contributed by atoms with Gasteiger partial charge in [0.25, 0.3) is 11.8 Å². The van der Waals surface area contributed by atoms with E-state index >= 15 is 0 Å². The highest BCUT2D eigenvalue weighted by Crippen LogP contribution is 2.41. The summed E-state index contributed by atoms with van der Waals surface area (Å²) in [6, 6.07) is 11.2. The van der Waals surface area contributed by atoms with Crippen LogP contribution in [0.1, 0.15) is 24.1 Å². The number of carbonyl (C=O) groups excluding carboxylic acids is 2. The maximum atomic E-state index is 13.2. The largest absolute Gasteiger partial charge is 0.503 e. The molecule has 0 radical (unpaired) electrons. The minimum Gasteiger partial charge on any atom is -0.503 e. The Morgan fingerprint density at radius 3 is 2.53 bits per heavy atom. The quantitative estimate of drug-likeness (QED) is 0.567. The molecule has 1 aliphatic rings. The molecule has 2 amide bonds. The fourth-order valence-corrected chi connectivity index (χ4v) is 4.18. The van der Waals surface area contributed by atoms with Crippen LogP contribution in [0.5, 0.6) is 5.75 Å². The summed E-state index contributed by atoms with van der Waals surface area (Å²) in [4.78, 5) is 27.4. The third-order valence-electron chi connectivity index (χ3n) is 4.97. The molecule has 1 heterocycles. The van der Waals surface area contributed by atoms with Crippen LogP contribution in [0.15, 0.2) is 53.8 Å². The number of nitrogens with one attached hydrogen (secondary N) is 1. The number of rotatable bonds is 9. The summed E-state index contributed by atoms with van der Waals surface area (Å²) in [6.07, 6.45) is 0. The second-order valence-electron chi connectivity index (χ2n) is 7.09. The van der Waals surface area contributed by atoms with Gasteiger partial charge in [0, 0.05) is 35.8 Å². The molecule has 0 spiro atoms. The van der Waals surface area contributed by atoms with Crippen LogP contribution < -0.4 is 10.1 Å². The Morgan fingerprint density at radius 2 is 1.88 bits per heavy atom. The number of halogens is 2. The third-order valence-corrected chi connectivity index (χ3v) is 5.41. The molecular weight excluding hydrogens is 455 g/mol. The van der Waals surface area contributed by atoms with E-state index < -0.39 is 23.6 Å². The van der Waals surface area contributed by atoms with Gasteiger partial charge in [-0.25, -0.2) is 0 Å². The molecule has 0 fully saturated rings. The van der Waals surface area contributed by atoms with Crippen LogP contribution in [-0.2, 0) is 20.9 Å². The van der Waals surface area contributed by atoms with Gasteiger partial charge in [-0.2, -0.15) is 0 Å². The molecule has 1 atom stereocenters. The fourth-order valence-electron chi connectivity index (χ4n) is 3.61.